The molecular weight excluding hydrogens is 304 g/mol. The summed E-state index contributed by atoms with van der Waals surface area (Å²) in [6.07, 6.45) is 0. The van der Waals surface area contributed by atoms with E-state index in [0.29, 0.717) is 21.7 Å². The molecule has 0 aromatic heterocycles. The molecule has 3 N–H and O–H groups in total. The normalized spacial score (nSPS) is 18.6. The van der Waals surface area contributed by atoms with Crippen LogP contribution in [0.3, 0.4) is 0 Å². The van der Waals surface area contributed by atoms with Gasteiger partial charge in [-0.05, 0) is 12.5 Å². The minimum Gasteiger partial charge on any atom is -0.478 e. The molecule has 0 atom stereocenters. The van der Waals surface area contributed by atoms with Crippen LogP contribution in [0, 0.1) is 0 Å². The summed E-state index contributed by atoms with van der Waals surface area (Å²) in [5, 5.41) is 18.8. The number of carboxylic acid groups (broad SMARTS) is 1. The van der Waals surface area contributed by atoms with Crippen molar-refractivity contribution in [3.8, 4) is 0 Å². The van der Waals surface area contributed by atoms with Crippen LogP contribution in [-0.4, -0.2) is 27.2 Å². The molecule has 1 aliphatic heterocycles. The molecule has 0 bridgehead atoms. The molecule has 1 aromatic carbocycles. The van der Waals surface area contributed by atoms with Crippen LogP contribution in [0.2, 0.25) is 0 Å². The van der Waals surface area contributed by atoms with Crippen LogP contribution >= 0.6 is 11.8 Å². The highest BCUT2D eigenvalue weighted by Crippen LogP contribution is 2.45. The number of nitrogens with zero attached hydrogens (tertiary/aromatic N) is 1. The van der Waals surface area contributed by atoms with Gasteiger partial charge in [0.25, 0.3) is 0 Å². The van der Waals surface area contributed by atoms with Gasteiger partial charge in [0.05, 0.1) is 0 Å². The van der Waals surface area contributed by atoms with Crippen molar-refractivity contribution >= 4 is 34.3 Å². The number of thioether (sulfide) groups is 1. The summed E-state index contributed by atoms with van der Waals surface area (Å²) in [6.45, 7) is 2.87. The fraction of sp³-hybridized carbons (Fsp3) is 0.133. The Balaban J connectivity index is 2.78. The minimum atomic E-state index is -1.17. The van der Waals surface area contributed by atoms with E-state index in [9.17, 15) is 14.7 Å². The SMILES string of the molecule is CC(=O)N=C1S/C(=C(\C)NO)C(c2ccccc2)=C1C(=O)O. The molecule has 0 spiro atoms. The molecular formula is C15H14N2O4S. The van der Waals surface area contributed by atoms with E-state index in [1.54, 1.807) is 31.2 Å². The fourth-order valence-corrected chi connectivity index (χ4v) is 3.21. The maximum Gasteiger partial charge on any atom is 0.339 e. The average Bonchev–Trinajstić information content (AvgIpc) is 2.85. The van der Waals surface area contributed by atoms with E-state index in [4.69, 9.17) is 5.21 Å². The van der Waals surface area contributed by atoms with E-state index >= 15 is 0 Å². The Bertz CT molecular complexity index is 720. The fourth-order valence-electron chi connectivity index (χ4n) is 2.03. The second-order valence-corrected chi connectivity index (χ2v) is 5.52. The standard InChI is InChI=1S/C15H14N2O4S/c1-8(17-21)13-11(10-6-4-3-5-7-10)12(15(19)20)14(22-13)16-9(2)18/h3-7,17,21H,1-2H3,(H,19,20)/b13-8+,16-14?. The molecule has 6 nitrogen and oxygen atoms in total. The molecule has 0 radical (unpaired) electrons. The zero-order valence-corrected chi connectivity index (χ0v) is 12.8. The van der Waals surface area contributed by atoms with E-state index in [1.807, 2.05) is 11.5 Å². The van der Waals surface area contributed by atoms with Crippen molar-refractivity contribution in [1.82, 2.24) is 5.48 Å². The third-order valence-electron chi connectivity index (χ3n) is 2.93. The van der Waals surface area contributed by atoms with Gasteiger partial charge in [-0.3, -0.25) is 15.5 Å². The second kappa shape index (κ2) is 6.59. The van der Waals surface area contributed by atoms with Crippen molar-refractivity contribution in [3.05, 3.63) is 52.1 Å². The van der Waals surface area contributed by atoms with Crippen molar-refractivity contribution < 1.29 is 19.9 Å². The molecule has 1 amide bonds. The Morgan fingerprint density at radius 1 is 1.18 bits per heavy atom. The van der Waals surface area contributed by atoms with Gasteiger partial charge in [0.15, 0.2) is 0 Å². The molecule has 0 saturated carbocycles. The van der Waals surface area contributed by atoms with Crippen LogP contribution in [0.15, 0.2) is 51.5 Å². The summed E-state index contributed by atoms with van der Waals surface area (Å²) in [4.78, 5) is 27.2. The Kier molecular flexibility index (Phi) is 4.79. The van der Waals surface area contributed by atoms with Crippen molar-refractivity contribution in [2.45, 2.75) is 13.8 Å². The highest BCUT2D eigenvalue weighted by Gasteiger charge is 2.34. The first-order valence-corrected chi connectivity index (χ1v) is 7.19. The molecule has 1 heterocycles. The number of rotatable bonds is 3. The number of aliphatic imine (C=N–C) groups is 1. The average molecular weight is 318 g/mol. The van der Waals surface area contributed by atoms with Gasteiger partial charge in [-0.1, -0.05) is 42.1 Å². The number of nitrogens with one attached hydrogen (secondary N) is 1. The van der Waals surface area contributed by atoms with Crippen molar-refractivity contribution in [2.75, 3.05) is 0 Å². The van der Waals surface area contributed by atoms with E-state index in [1.165, 1.54) is 6.92 Å². The topological polar surface area (TPSA) is 99.0 Å². The molecule has 7 heteroatoms. The highest BCUT2D eigenvalue weighted by atomic mass is 32.2. The Hall–Kier alpha value is -2.38. The molecule has 114 valence electrons. The highest BCUT2D eigenvalue weighted by molar-refractivity contribution is 8.19. The van der Waals surface area contributed by atoms with Crippen LogP contribution in [0.25, 0.3) is 5.57 Å². The second-order valence-electron chi connectivity index (χ2n) is 4.53. The molecule has 1 aliphatic rings. The maximum atomic E-state index is 11.7. The largest absolute Gasteiger partial charge is 0.478 e. The van der Waals surface area contributed by atoms with E-state index in [0.717, 1.165) is 11.8 Å². The molecule has 0 aliphatic carbocycles. The summed E-state index contributed by atoms with van der Waals surface area (Å²) >= 11 is 1.04. The Morgan fingerprint density at radius 2 is 1.82 bits per heavy atom. The van der Waals surface area contributed by atoms with Crippen LogP contribution in [-0.2, 0) is 9.59 Å². The first kappa shape index (κ1) is 16.0. The van der Waals surface area contributed by atoms with Gasteiger partial charge in [-0.15, -0.1) is 0 Å². The lowest BCUT2D eigenvalue weighted by atomic mass is 9.99. The number of allylic oxidation sites excluding steroid dienone is 2. The van der Waals surface area contributed by atoms with Gasteiger partial charge in [0.2, 0.25) is 5.91 Å². The number of hydroxylamine groups is 1. The lowest BCUT2D eigenvalue weighted by Gasteiger charge is -2.09. The van der Waals surface area contributed by atoms with E-state index < -0.39 is 11.9 Å². The van der Waals surface area contributed by atoms with Crippen molar-refractivity contribution in [1.29, 1.82) is 0 Å². The summed E-state index contributed by atoms with van der Waals surface area (Å²) in [5.74, 6) is -1.66. The minimum absolute atomic E-state index is 0.0454. The lowest BCUT2D eigenvalue weighted by molar-refractivity contribution is -0.131. The predicted octanol–water partition coefficient (Wildman–Crippen LogP) is 2.43. The quantitative estimate of drug-likeness (QED) is 0.740. The van der Waals surface area contributed by atoms with Crippen LogP contribution in [0.1, 0.15) is 19.4 Å². The van der Waals surface area contributed by atoms with Gasteiger partial charge in [0.1, 0.15) is 10.6 Å². The Labute approximate surface area is 131 Å². The maximum absolute atomic E-state index is 11.7. The van der Waals surface area contributed by atoms with Crippen molar-refractivity contribution in [3.63, 3.8) is 0 Å². The van der Waals surface area contributed by atoms with Gasteiger partial charge in [0, 0.05) is 23.1 Å². The van der Waals surface area contributed by atoms with E-state index in [2.05, 4.69) is 4.99 Å². The zero-order valence-electron chi connectivity index (χ0n) is 12.0. The summed E-state index contributed by atoms with van der Waals surface area (Å²) < 4.78 is 0. The molecule has 1 aromatic rings. The number of hydrogen-bond donors (Lipinski definition) is 3. The number of amides is 1. The van der Waals surface area contributed by atoms with Crippen LogP contribution in [0.5, 0.6) is 0 Å². The first-order chi connectivity index (χ1) is 10.5. The van der Waals surface area contributed by atoms with Gasteiger partial charge in [-0.2, -0.15) is 0 Å². The number of carbonyl (C=O) groups is 2. The Morgan fingerprint density at radius 3 is 2.32 bits per heavy atom. The number of aliphatic carboxylic acids is 1. The van der Waals surface area contributed by atoms with Gasteiger partial charge < -0.3 is 5.11 Å². The van der Waals surface area contributed by atoms with Gasteiger partial charge in [-0.25, -0.2) is 9.79 Å². The molecule has 0 saturated heterocycles. The number of carboxylic acids is 1. The summed E-state index contributed by atoms with van der Waals surface area (Å²) in [5.41, 5.74) is 3.47. The molecule has 2 rings (SSSR count). The molecule has 22 heavy (non-hydrogen) atoms. The number of hydrogen-bond acceptors (Lipinski definition) is 5. The van der Waals surface area contributed by atoms with Crippen LogP contribution in [0.4, 0.5) is 0 Å². The van der Waals surface area contributed by atoms with Crippen molar-refractivity contribution in [2.24, 2.45) is 4.99 Å². The summed E-state index contributed by atoms with van der Waals surface area (Å²) in [6, 6.07) is 8.91. The molecule has 0 fully saturated rings. The number of carbonyl (C=O) groups excluding carboxylic acids is 1. The van der Waals surface area contributed by atoms with Gasteiger partial charge >= 0.3 is 5.97 Å². The zero-order chi connectivity index (χ0) is 16.3. The monoisotopic (exact) mass is 318 g/mol. The first-order valence-electron chi connectivity index (χ1n) is 6.37. The van der Waals surface area contributed by atoms with E-state index in [-0.39, 0.29) is 10.6 Å². The smallest absolute Gasteiger partial charge is 0.339 e. The molecule has 0 unspecified atom stereocenters. The third-order valence-corrected chi connectivity index (χ3v) is 4.14. The number of benzene rings is 1. The predicted molar refractivity (Wildman–Crippen MR) is 84.3 cm³/mol. The third kappa shape index (κ3) is 3.10. The lowest BCUT2D eigenvalue weighted by Crippen LogP contribution is -2.09. The summed E-state index contributed by atoms with van der Waals surface area (Å²) in [7, 11) is 0. The van der Waals surface area contributed by atoms with Crippen LogP contribution < -0.4 is 5.48 Å².